The highest BCUT2D eigenvalue weighted by Gasteiger charge is 2.07. The molecule has 0 saturated carbocycles. The highest BCUT2D eigenvalue weighted by Crippen LogP contribution is 2.28. The van der Waals surface area contributed by atoms with Crippen molar-refractivity contribution in [3.8, 4) is 11.5 Å². The predicted molar refractivity (Wildman–Crippen MR) is 96.0 cm³/mol. The van der Waals surface area contributed by atoms with E-state index >= 15 is 0 Å². The van der Waals surface area contributed by atoms with Crippen LogP contribution in [0.3, 0.4) is 0 Å². The quantitative estimate of drug-likeness (QED) is 0.679. The number of anilines is 2. The third-order valence-corrected chi connectivity index (χ3v) is 3.72. The van der Waals surface area contributed by atoms with E-state index in [2.05, 4.69) is 10.6 Å². The van der Waals surface area contributed by atoms with Crippen LogP contribution in [-0.4, -0.2) is 33.7 Å². The summed E-state index contributed by atoms with van der Waals surface area (Å²) in [5.41, 5.74) is 9.02. The number of nitrogens with two attached hydrogens (primary N) is 1. The van der Waals surface area contributed by atoms with Crippen LogP contribution < -0.4 is 25.8 Å². The van der Waals surface area contributed by atoms with Gasteiger partial charge in [-0.25, -0.2) is 0 Å². The summed E-state index contributed by atoms with van der Waals surface area (Å²) in [7, 11) is 4.83. The number of hydrogen-bond acceptors (Lipinski definition) is 5. The van der Waals surface area contributed by atoms with Crippen molar-refractivity contribution in [2.45, 2.75) is 6.42 Å². The van der Waals surface area contributed by atoms with Gasteiger partial charge < -0.3 is 25.8 Å². The van der Waals surface area contributed by atoms with Crippen LogP contribution in [0.25, 0.3) is 0 Å². The third-order valence-electron chi connectivity index (χ3n) is 3.72. The molecule has 0 aliphatic heterocycles. The number of methoxy groups -OCH3 is 2. The number of hydrogen-bond donors (Lipinski definition) is 3. The van der Waals surface area contributed by atoms with Crippen molar-refractivity contribution in [3.05, 3.63) is 47.5 Å². The second kappa shape index (κ2) is 8.10. The van der Waals surface area contributed by atoms with Gasteiger partial charge in [-0.15, -0.1) is 0 Å². The van der Waals surface area contributed by atoms with Crippen LogP contribution in [0.15, 0.2) is 36.4 Å². The van der Waals surface area contributed by atoms with E-state index in [1.807, 2.05) is 24.3 Å². The third kappa shape index (κ3) is 4.10. The zero-order chi connectivity index (χ0) is 17.5. The van der Waals surface area contributed by atoms with Crippen LogP contribution >= 0.6 is 0 Å². The molecule has 0 fully saturated rings. The Bertz CT molecular complexity index is 717. The Morgan fingerprint density at radius 3 is 2.46 bits per heavy atom. The highest BCUT2D eigenvalue weighted by molar-refractivity contribution is 5.95. The number of amides is 1. The van der Waals surface area contributed by atoms with E-state index in [-0.39, 0.29) is 5.91 Å². The summed E-state index contributed by atoms with van der Waals surface area (Å²) in [5.74, 6) is 1.27. The molecular formula is C18H23N3O3. The Kier molecular flexibility index (Phi) is 5.89. The van der Waals surface area contributed by atoms with Crippen molar-refractivity contribution >= 4 is 17.3 Å². The summed E-state index contributed by atoms with van der Waals surface area (Å²) < 4.78 is 10.5. The minimum Gasteiger partial charge on any atom is -0.493 e. The van der Waals surface area contributed by atoms with Crippen LogP contribution in [0.2, 0.25) is 0 Å². The lowest BCUT2D eigenvalue weighted by molar-refractivity contribution is 0.0963. The number of ether oxygens (including phenoxy) is 2. The minimum atomic E-state index is -0.154. The molecule has 1 amide bonds. The zero-order valence-electron chi connectivity index (χ0n) is 14.2. The van der Waals surface area contributed by atoms with E-state index in [0.29, 0.717) is 29.3 Å². The van der Waals surface area contributed by atoms with Crippen LogP contribution in [0.1, 0.15) is 15.9 Å². The fraction of sp³-hybridized carbons (Fsp3) is 0.278. The van der Waals surface area contributed by atoms with Gasteiger partial charge in [-0.05, 0) is 42.3 Å². The molecule has 0 radical (unpaired) electrons. The molecule has 2 aromatic carbocycles. The molecular weight excluding hydrogens is 306 g/mol. The van der Waals surface area contributed by atoms with Gasteiger partial charge in [0.1, 0.15) is 0 Å². The fourth-order valence-electron chi connectivity index (χ4n) is 2.39. The Morgan fingerprint density at radius 1 is 1.08 bits per heavy atom. The van der Waals surface area contributed by atoms with Crippen molar-refractivity contribution in [1.82, 2.24) is 5.32 Å². The summed E-state index contributed by atoms with van der Waals surface area (Å²) in [5, 5.41) is 5.86. The number of nitrogen functional groups attached to an aromatic ring is 1. The maximum absolute atomic E-state index is 11.6. The van der Waals surface area contributed by atoms with Gasteiger partial charge in [0.25, 0.3) is 5.91 Å². The standard InChI is InChI=1S/C18H23N3O3/c1-20-18(22)13-5-6-15(14(19)11-13)21-9-8-12-4-7-16(23-2)17(10-12)24-3/h4-7,10-11,21H,8-9,19H2,1-3H3,(H,20,22). The molecule has 0 aromatic heterocycles. The lowest BCUT2D eigenvalue weighted by Gasteiger charge is -2.12. The van der Waals surface area contributed by atoms with Gasteiger partial charge in [0.05, 0.1) is 25.6 Å². The van der Waals surface area contributed by atoms with Crippen molar-refractivity contribution in [1.29, 1.82) is 0 Å². The molecule has 2 rings (SSSR count). The molecule has 0 unspecified atom stereocenters. The predicted octanol–water partition coefficient (Wildman–Crippen LogP) is 2.30. The van der Waals surface area contributed by atoms with Gasteiger partial charge in [-0.1, -0.05) is 6.07 Å². The maximum Gasteiger partial charge on any atom is 0.251 e. The van der Waals surface area contributed by atoms with E-state index in [4.69, 9.17) is 15.2 Å². The molecule has 0 bridgehead atoms. The number of nitrogens with one attached hydrogen (secondary N) is 2. The summed E-state index contributed by atoms with van der Waals surface area (Å²) in [6, 6.07) is 11.1. The van der Waals surface area contributed by atoms with Crippen LogP contribution in [0.4, 0.5) is 11.4 Å². The highest BCUT2D eigenvalue weighted by atomic mass is 16.5. The van der Waals surface area contributed by atoms with Gasteiger partial charge in [0.2, 0.25) is 0 Å². The maximum atomic E-state index is 11.6. The lowest BCUT2D eigenvalue weighted by Crippen LogP contribution is -2.18. The zero-order valence-corrected chi connectivity index (χ0v) is 14.2. The molecule has 0 aliphatic rings. The largest absolute Gasteiger partial charge is 0.493 e. The molecule has 2 aromatic rings. The Morgan fingerprint density at radius 2 is 1.83 bits per heavy atom. The number of carbonyl (C=O) groups excluding carboxylic acids is 1. The topological polar surface area (TPSA) is 85.6 Å². The molecule has 24 heavy (non-hydrogen) atoms. The summed E-state index contributed by atoms with van der Waals surface area (Å²) in [6.45, 7) is 0.707. The first-order chi connectivity index (χ1) is 11.6. The lowest BCUT2D eigenvalue weighted by atomic mass is 10.1. The van der Waals surface area contributed by atoms with E-state index in [9.17, 15) is 4.79 Å². The van der Waals surface area contributed by atoms with Gasteiger partial charge >= 0.3 is 0 Å². The van der Waals surface area contributed by atoms with E-state index in [0.717, 1.165) is 17.7 Å². The Balaban J connectivity index is 1.98. The van der Waals surface area contributed by atoms with Crippen molar-refractivity contribution in [3.63, 3.8) is 0 Å². The first kappa shape index (κ1) is 17.5. The average molecular weight is 329 g/mol. The first-order valence-electron chi connectivity index (χ1n) is 7.65. The Labute approximate surface area is 142 Å². The minimum absolute atomic E-state index is 0.154. The molecule has 4 N–H and O–H groups in total. The number of benzene rings is 2. The molecule has 0 aliphatic carbocycles. The monoisotopic (exact) mass is 329 g/mol. The van der Waals surface area contributed by atoms with Crippen LogP contribution in [0.5, 0.6) is 11.5 Å². The molecule has 0 heterocycles. The molecule has 0 saturated heterocycles. The van der Waals surface area contributed by atoms with Crippen molar-refractivity contribution < 1.29 is 14.3 Å². The van der Waals surface area contributed by atoms with Gasteiger partial charge in [-0.3, -0.25) is 4.79 Å². The van der Waals surface area contributed by atoms with E-state index < -0.39 is 0 Å². The molecule has 128 valence electrons. The summed E-state index contributed by atoms with van der Waals surface area (Å²) >= 11 is 0. The normalized spacial score (nSPS) is 10.1. The van der Waals surface area contributed by atoms with Crippen molar-refractivity contribution in [2.24, 2.45) is 0 Å². The second-order valence-corrected chi connectivity index (χ2v) is 5.25. The average Bonchev–Trinajstić information content (AvgIpc) is 2.62. The summed E-state index contributed by atoms with van der Waals surface area (Å²) in [4.78, 5) is 11.6. The second-order valence-electron chi connectivity index (χ2n) is 5.25. The molecule has 6 nitrogen and oxygen atoms in total. The molecule has 0 atom stereocenters. The summed E-state index contributed by atoms with van der Waals surface area (Å²) in [6.07, 6.45) is 0.803. The van der Waals surface area contributed by atoms with Gasteiger partial charge in [0, 0.05) is 19.2 Å². The molecule has 0 spiro atoms. The fourth-order valence-corrected chi connectivity index (χ4v) is 2.39. The van der Waals surface area contributed by atoms with Crippen LogP contribution in [-0.2, 0) is 6.42 Å². The SMILES string of the molecule is CNC(=O)c1ccc(NCCc2ccc(OC)c(OC)c2)c(N)c1. The number of rotatable bonds is 7. The van der Waals surface area contributed by atoms with Crippen LogP contribution in [0, 0.1) is 0 Å². The molecule has 6 heteroatoms. The van der Waals surface area contributed by atoms with Gasteiger partial charge in [-0.2, -0.15) is 0 Å². The van der Waals surface area contributed by atoms with Gasteiger partial charge in [0.15, 0.2) is 11.5 Å². The first-order valence-corrected chi connectivity index (χ1v) is 7.65. The van der Waals surface area contributed by atoms with E-state index in [1.54, 1.807) is 33.4 Å². The number of carbonyl (C=O) groups is 1. The van der Waals surface area contributed by atoms with Crippen molar-refractivity contribution in [2.75, 3.05) is 38.9 Å². The smallest absolute Gasteiger partial charge is 0.251 e. The Hall–Kier alpha value is -2.89. The van der Waals surface area contributed by atoms with E-state index in [1.165, 1.54) is 0 Å².